The Bertz CT molecular complexity index is 580. The lowest BCUT2D eigenvalue weighted by molar-refractivity contribution is 0.615. The first kappa shape index (κ1) is 11.1. The third kappa shape index (κ3) is 1.92. The molecule has 0 fully saturated rings. The minimum absolute atomic E-state index is 0.289. The Labute approximate surface area is 106 Å². The van der Waals surface area contributed by atoms with Crippen LogP contribution in [0, 0.1) is 5.82 Å². The van der Waals surface area contributed by atoms with Crippen molar-refractivity contribution in [3.63, 3.8) is 0 Å². The molecule has 0 saturated heterocycles. The summed E-state index contributed by atoms with van der Waals surface area (Å²) < 4.78 is 13.6. The highest BCUT2D eigenvalue weighted by Crippen LogP contribution is 2.34. The van der Waals surface area contributed by atoms with Crippen molar-refractivity contribution in [3.05, 3.63) is 59.4 Å². The van der Waals surface area contributed by atoms with Crippen LogP contribution in [0.4, 0.5) is 15.8 Å². The van der Waals surface area contributed by atoms with Gasteiger partial charge in [0.1, 0.15) is 5.82 Å². The fourth-order valence-corrected chi connectivity index (χ4v) is 2.45. The first-order valence-electron chi connectivity index (χ1n) is 6.11. The topological polar surface area (TPSA) is 38.0 Å². The predicted octanol–water partition coefficient (Wildman–Crippen LogP) is 3.16. The van der Waals surface area contributed by atoms with Gasteiger partial charge in [0, 0.05) is 18.2 Å². The molecule has 3 rings (SSSR count). The molecule has 2 aromatic carbocycles. The van der Waals surface area contributed by atoms with E-state index in [1.807, 2.05) is 0 Å². The Morgan fingerprint density at radius 3 is 2.83 bits per heavy atom. The SMILES string of the molecule is Nc1ccc(NCC2Cc3ccccc32)c(F)c1. The Balaban J connectivity index is 1.66. The summed E-state index contributed by atoms with van der Waals surface area (Å²) in [5, 5.41) is 3.15. The van der Waals surface area contributed by atoms with Crippen LogP contribution in [0.2, 0.25) is 0 Å². The van der Waals surface area contributed by atoms with Gasteiger partial charge in [-0.25, -0.2) is 4.39 Å². The molecule has 1 unspecified atom stereocenters. The third-order valence-electron chi connectivity index (χ3n) is 3.49. The molecule has 0 aliphatic heterocycles. The van der Waals surface area contributed by atoms with Gasteiger partial charge in [-0.2, -0.15) is 0 Å². The van der Waals surface area contributed by atoms with Gasteiger partial charge in [0.05, 0.1) is 5.69 Å². The molecular formula is C15H15FN2. The molecule has 1 aliphatic carbocycles. The molecule has 2 nitrogen and oxygen atoms in total. The van der Waals surface area contributed by atoms with Crippen molar-refractivity contribution in [1.29, 1.82) is 0 Å². The quantitative estimate of drug-likeness (QED) is 0.811. The first-order chi connectivity index (χ1) is 8.74. The summed E-state index contributed by atoms with van der Waals surface area (Å²) in [6.07, 6.45) is 1.07. The first-order valence-corrected chi connectivity index (χ1v) is 6.11. The Morgan fingerprint density at radius 1 is 1.22 bits per heavy atom. The highest BCUT2D eigenvalue weighted by atomic mass is 19.1. The Kier molecular flexibility index (Phi) is 2.67. The number of anilines is 2. The van der Waals surface area contributed by atoms with Gasteiger partial charge >= 0.3 is 0 Å². The van der Waals surface area contributed by atoms with Crippen LogP contribution in [-0.2, 0) is 6.42 Å². The number of hydrogen-bond acceptors (Lipinski definition) is 2. The summed E-state index contributed by atoms with van der Waals surface area (Å²) in [6, 6.07) is 13.1. The van der Waals surface area contributed by atoms with Gasteiger partial charge < -0.3 is 11.1 Å². The van der Waals surface area contributed by atoms with Crippen molar-refractivity contribution in [2.24, 2.45) is 0 Å². The monoisotopic (exact) mass is 242 g/mol. The molecular weight excluding hydrogens is 227 g/mol. The number of fused-ring (bicyclic) bond motifs is 1. The molecule has 0 saturated carbocycles. The molecule has 0 amide bonds. The fourth-order valence-electron chi connectivity index (χ4n) is 2.45. The molecule has 0 heterocycles. The van der Waals surface area contributed by atoms with Crippen LogP contribution >= 0.6 is 0 Å². The molecule has 3 heteroatoms. The summed E-state index contributed by atoms with van der Waals surface area (Å²) in [7, 11) is 0. The van der Waals surface area contributed by atoms with Crippen LogP contribution in [-0.4, -0.2) is 6.54 Å². The number of rotatable bonds is 3. The maximum absolute atomic E-state index is 13.6. The van der Waals surface area contributed by atoms with Crippen molar-refractivity contribution in [1.82, 2.24) is 0 Å². The number of benzene rings is 2. The third-order valence-corrected chi connectivity index (χ3v) is 3.49. The van der Waals surface area contributed by atoms with Crippen LogP contribution in [0.1, 0.15) is 17.0 Å². The van der Waals surface area contributed by atoms with Gasteiger partial charge in [-0.15, -0.1) is 0 Å². The lowest BCUT2D eigenvalue weighted by atomic mass is 9.77. The summed E-state index contributed by atoms with van der Waals surface area (Å²) >= 11 is 0. The Hall–Kier alpha value is -2.03. The minimum Gasteiger partial charge on any atom is -0.399 e. The van der Waals surface area contributed by atoms with Crippen LogP contribution < -0.4 is 11.1 Å². The zero-order valence-corrected chi connectivity index (χ0v) is 9.99. The molecule has 1 atom stereocenters. The molecule has 2 aromatic rings. The normalized spacial score (nSPS) is 16.8. The summed E-state index contributed by atoms with van der Waals surface area (Å²) in [6.45, 7) is 0.762. The standard InChI is InChI=1S/C15H15FN2/c16-14-8-12(17)5-6-15(14)18-9-11-7-10-3-1-2-4-13(10)11/h1-6,8,11,18H,7,9,17H2. The average Bonchev–Trinajstić information content (AvgIpc) is 2.33. The summed E-state index contributed by atoms with van der Waals surface area (Å²) in [4.78, 5) is 0. The van der Waals surface area contributed by atoms with Crippen LogP contribution in [0.15, 0.2) is 42.5 Å². The molecule has 0 bridgehead atoms. The Morgan fingerprint density at radius 2 is 2.06 bits per heavy atom. The van der Waals surface area contributed by atoms with E-state index in [4.69, 9.17) is 5.73 Å². The highest BCUT2D eigenvalue weighted by Gasteiger charge is 2.24. The van der Waals surface area contributed by atoms with E-state index in [-0.39, 0.29) is 5.82 Å². The van der Waals surface area contributed by atoms with Crippen molar-refractivity contribution in [2.75, 3.05) is 17.6 Å². The van der Waals surface area contributed by atoms with Crippen molar-refractivity contribution in [2.45, 2.75) is 12.3 Å². The van der Waals surface area contributed by atoms with Crippen molar-refractivity contribution >= 4 is 11.4 Å². The smallest absolute Gasteiger partial charge is 0.148 e. The highest BCUT2D eigenvalue weighted by molar-refractivity contribution is 5.53. The van der Waals surface area contributed by atoms with Crippen LogP contribution in [0.5, 0.6) is 0 Å². The minimum atomic E-state index is -0.289. The van der Waals surface area contributed by atoms with Crippen molar-refractivity contribution < 1.29 is 4.39 Å². The second kappa shape index (κ2) is 4.33. The molecule has 0 radical (unpaired) electrons. The van der Waals surface area contributed by atoms with Gasteiger partial charge in [0.15, 0.2) is 0 Å². The number of nitrogens with two attached hydrogens (primary N) is 1. The second-order valence-corrected chi connectivity index (χ2v) is 4.72. The van der Waals surface area contributed by atoms with E-state index in [1.165, 1.54) is 17.2 Å². The van der Waals surface area contributed by atoms with E-state index in [0.29, 0.717) is 17.3 Å². The predicted molar refractivity (Wildman–Crippen MR) is 72.2 cm³/mol. The molecule has 18 heavy (non-hydrogen) atoms. The van der Waals surface area contributed by atoms with E-state index in [0.717, 1.165) is 13.0 Å². The molecule has 0 spiro atoms. The lowest BCUT2D eigenvalue weighted by Gasteiger charge is -2.30. The average molecular weight is 242 g/mol. The summed E-state index contributed by atoms with van der Waals surface area (Å²) in [5.41, 5.74) is 9.27. The van der Waals surface area contributed by atoms with E-state index >= 15 is 0 Å². The van der Waals surface area contributed by atoms with Gasteiger partial charge in [0.25, 0.3) is 0 Å². The zero-order valence-electron chi connectivity index (χ0n) is 9.99. The maximum Gasteiger partial charge on any atom is 0.148 e. The zero-order chi connectivity index (χ0) is 12.5. The molecule has 1 aliphatic rings. The van der Waals surface area contributed by atoms with Gasteiger partial charge in [-0.1, -0.05) is 24.3 Å². The van der Waals surface area contributed by atoms with E-state index in [9.17, 15) is 4.39 Å². The number of nitrogens with one attached hydrogen (secondary N) is 1. The summed E-state index contributed by atoms with van der Waals surface area (Å²) in [5.74, 6) is 0.195. The number of hydrogen-bond donors (Lipinski definition) is 2. The van der Waals surface area contributed by atoms with Gasteiger partial charge in [-0.3, -0.25) is 0 Å². The van der Waals surface area contributed by atoms with Gasteiger partial charge in [0.2, 0.25) is 0 Å². The molecule has 0 aromatic heterocycles. The second-order valence-electron chi connectivity index (χ2n) is 4.72. The number of nitrogen functional groups attached to an aromatic ring is 1. The largest absolute Gasteiger partial charge is 0.399 e. The molecule has 3 N–H and O–H groups in total. The number of halogens is 1. The van der Waals surface area contributed by atoms with Crippen molar-refractivity contribution in [3.8, 4) is 0 Å². The van der Waals surface area contributed by atoms with E-state index in [1.54, 1.807) is 12.1 Å². The lowest BCUT2D eigenvalue weighted by Crippen LogP contribution is -2.24. The van der Waals surface area contributed by atoms with Crippen LogP contribution in [0.3, 0.4) is 0 Å². The van der Waals surface area contributed by atoms with E-state index in [2.05, 4.69) is 29.6 Å². The van der Waals surface area contributed by atoms with Crippen LogP contribution in [0.25, 0.3) is 0 Å². The fraction of sp³-hybridized carbons (Fsp3) is 0.200. The van der Waals surface area contributed by atoms with Gasteiger partial charge in [-0.05, 0) is 35.7 Å². The molecule has 92 valence electrons. The maximum atomic E-state index is 13.6. The van der Waals surface area contributed by atoms with E-state index < -0.39 is 0 Å².